The number of ether oxygens (including phenoxy) is 1. The van der Waals surface area contributed by atoms with E-state index >= 15 is 0 Å². The van der Waals surface area contributed by atoms with Crippen molar-refractivity contribution in [3.63, 3.8) is 0 Å². The monoisotopic (exact) mass is 324 g/mol. The van der Waals surface area contributed by atoms with E-state index in [1.807, 2.05) is 18.2 Å². The van der Waals surface area contributed by atoms with Gasteiger partial charge in [0.1, 0.15) is 12.4 Å². The minimum Gasteiger partial charge on any atom is -0.487 e. The highest BCUT2D eigenvalue weighted by molar-refractivity contribution is 6.42. The lowest BCUT2D eigenvalue weighted by Gasteiger charge is -2.10. The molecule has 21 heavy (non-hydrogen) atoms. The summed E-state index contributed by atoms with van der Waals surface area (Å²) in [6, 6.07) is 11.6. The topological polar surface area (TPSA) is 34.1 Å². The van der Waals surface area contributed by atoms with E-state index in [2.05, 4.69) is 24.1 Å². The van der Waals surface area contributed by atoms with Gasteiger partial charge in [-0.1, -0.05) is 43.1 Å². The quantitative estimate of drug-likeness (QED) is 0.851. The van der Waals surface area contributed by atoms with Crippen molar-refractivity contribution in [1.82, 2.24) is 10.3 Å². The zero-order valence-corrected chi connectivity index (χ0v) is 13.6. The molecule has 0 amide bonds. The maximum atomic E-state index is 5.96. The minimum atomic E-state index is 0.396. The smallest absolute Gasteiger partial charge is 0.130 e. The van der Waals surface area contributed by atoms with Crippen molar-refractivity contribution in [2.45, 2.75) is 33.0 Å². The van der Waals surface area contributed by atoms with Crippen LogP contribution in [0.5, 0.6) is 5.75 Å². The molecule has 112 valence electrons. The number of benzene rings is 1. The third kappa shape index (κ3) is 5.20. The normalized spacial score (nSPS) is 10.9. The maximum absolute atomic E-state index is 5.96. The Balaban J connectivity index is 1.96. The predicted molar refractivity (Wildman–Crippen MR) is 87.0 cm³/mol. The Bertz CT molecular complexity index is 603. The fourth-order valence-electron chi connectivity index (χ4n) is 1.74. The molecule has 0 unspecified atom stereocenters. The van der Waals surface area contributed by atoms with E-state index < -0.39 is 0 Å². The summed E-state index contributed by atoms with van der Waals surface area (Å²) >= 11 is 11.8. The van der Waals surface area contributed by atoms with Crippen LogP contribution in [0.4, 0.5) is 0 Å². The number of nitrogens with one attached hydrogen (secondary N) is 1. The molecule has 5 heteroatoms. The van der Waals surface area contributed by atoms with Gasteiger partial charge in [-0.25, -0.2) is 0 Å². The highest BCUT2D eigenvalue weighted by atomic mass is 35.5. The molecule has 0 aliphatic carbocycles. The van der Waals surface area contributed by atoms with Crippen LogP contribution in [0.2, 0.25) is 10.0 Å². The standard InChI is InChI=1S/C16H18Cl2N2O/c1-11(2)19-9-12-4-3-5-13(20-12)10-21-14-6-7-15(17)16(18)8-14/h3-8,11,19H,9-10H2,1-2H3. The van der Waals surface area contributed by atoms with E-state index in [4.69, 9.17) is 27.9 Å². The molecule has 0 saturated carbocycles. The van der Waals surface area contributed by atoms with Gasteiger partial charge in [-0.2, -0.15) is 0 Å². The van der Waals surface area contributed by atoms with Crippen LogP contribution >= 0.6 is 23.2 Å². The fourth-order valence-corrected chi connectivity index (χ4v) is 2.03. The molecule has 0 saturated heterocycles. The number of halogens is 2. The Morgan fingerprint density at radius 1 is 1.10 bits per heavy atom. The second-order valence-corrected chi connectivity index (χ2v) is 5.83. The van der Waals surface area contributed by atoms with Crippen LogP contribution in [0.25, 0.3) is 0 Å². The molecule has 1 N–H and O–H groups in total. The molecule has 0 spiro atoms. The lowest BCUT2D eigenvalue weighted by Crippen LogP contribution is -2.22. The van der Waals surface area contributed by atoms with Gasteiger partial charge in [0.25, 0.3) is 0 Å². The summed E-state index contributed by atoms with van der Waals surface area (Å²) in [4.78, 5) is 4.55. The van der Waals surface area contributed by atoms with E-state index in [1.165, 1.54) is 0 Å². The van der Waals surface area contributed by atoms with E-state index in [-0.39, 0.29) is 0 Å². The highest BCUT2D eigenvalue weighted by Gasteiger charge is 2.03. The molecule has 1 aromatic carbocycles. The van der Waals surface area contributed by atoms with Gasteiger partial charge in [0, 0.05) is 18.7 Å². The van der Waals surface area contributed by atoms with Crippen molar-refractivity contribution in [3.8, 4) is 5.75 Å². The summed E-state index contributed by atoms with van der Waals surface area (Å²) in [7, 11) is 0. The Kier molecular flexibility index (Phi) is 5.85. The van der Waals surface area contributed by atoms with Crippen LogP contribution in [0.15, 0.2) is 36.4 Å². The van der Waals surface area contributed by atoms with Crippen LogP contribution < -0.4 is 10.1 Å². The summed E-state index contributed by atoms with van der Waals surface area (Å²) in [5.41, 5.74) is 1.88. The summed E-state index contributed by atoms with van der Waals surface area (Å²) in [5, 5.41) is 4.34. The van der Waals surface area contributed by atoms with Crippen LogP contribution in [0.1, 0.15) is 25.2 Å². The van der Waals surface area contributed by atoms with Gasteiger partial charge in [0.2, 0.25) is 0 Å². The first kappa shape index (κ1) is 16.1. The fraction of sp³-hybridized carbons (Fsp3) is 0.312. The summed E-state index contributed by atoms with van der Waals surface area (Å²) in [5.74, 6) is 0.678. The number of hydrogen-bond acceptors (Lipinski definition) is 3. The number of pyridine rings is 1. The van der Waals surface area contributed by atoms with Crippen LogP contribution in [-0.2, 0) is 13.2 Å². The van der Waals surface area contributed by atoms with Gasteiger partial charge in [0.05, 0.1) is 21.4 Å². The molecule has 0 bridgehead atoms. The molecule has 3 nitrogen and oxygen atoms in total. The van der Waals surface area contributed by atoms with E-state index in [1.54, 1.807) is 18.2 Å². The first-order valence-electron chi connectivity index (χ1n) is 6.80. The predicted octanol–water partition coefficient (Wildman–Crippen LogP) is 4.47. The van der Waals surface area contributed by atoms with Crippen LogP contribution in [0.3, 0.4) is 0 Å². The SMILES string of the molecule is CC(C)NCc1cccc(COc2ccc(Cl)c(Cl)c2)n1. The average molecular weight is 325 g/mol. The molecular formula is C16H18Cl2N2O. The Labute approximate surface area is 135 Å². The maximum Gasteiger partial charge on any atom is 0.130 e. The zero-order chi connectivity index (χ0) is 15.2. The zero-order valence-electron chi connectivity index (χ0n) is 12.1. The second-order valence-electron chi connectivity index (χ2n) is 5.02. The largest absolute Gasteiger partial charge is 0.487 e. The van der Waals surface area contributed by atoms with E-state index in [0.29, 0.717) is 28.4 Å². The molecule has 0 fully saturated rings. The molecule has 0 radical (unpaired) electrons. The Hall–Kier alpha value is -1.29. The first-order chi connectivity index (χ1) is 10.0. The number of aromatic nitrogens is 1. The molecular weight excluding hydrogens is 307 g/mol. The average Bonchev–Trinajstić information content (AvgIpc) is 2.47. The number of hydrogen-bond donors (Lipinski definition) is 1. The van der Waals surface area contributed by atoms with Crippen molar-refractivity contribution in [3.05, 3.63) is 57.8 Å². The van der Waals surface area contributed by atoms with Gasteiger partial charge in [-0.3, -0.25) is 4.98 Å². The van der Waals surface area contributed by atoms with Crippen molar-refractivity contribution in [1.29, 1.82) is 0 Å². The van der Waals surface area contributed by atoms with Crippen molar-refractivity contribution in [2.75, 3.05) is 0 Å². The van der Waals surface area contributed by atoms with Gasteiger partial charge < -0.3 is 10.1 Å². The van der Waals surface area contributed by atoms with Gasteiger partial charge >= 0.3 is 0 Å². The molecule has 2 rings (SSSR count). The molecule has 0 aliphatic rings. The van der Waals surface area contributed by atoms with Gasteiger partial charge in [0.15, 0.2) is 0 Å². The summed E-state index contributed by atoms with van der Waals surface area (Å²) < 4.78 is 5.68. The van der Waals surface area contributed by atoms with Gasteiger partial charge in [-0.15, -0.1) is 0 Å². The second kappa shape index (κ2) is 7.64. The number of rotatable bonds is 6. The third-order valence-corrected chi connectivity index (χ3v) is 3.57. The molecule has 2 aromatic rings. The lowest BCUT2D eigenvalue weighted by molar-refractivity contribution is 0.301. The summed E-state index contributed by atoms with van der Waals surface area (Å²) in [6.45, 7) is 5.36. The summed E-state index contributed by atoms with van der Waals surface area (Å²) in [6.07, 6.45) is 0. The van der Waals surface area contributed by atoms with Crippen LogP contribution in [-0.4, -0.2) is 11.0 Å². The molecule has 1 aromatic heterocycles. The van der Waals surface area contributed by atoms with E-state index in [9.17, 15) is 0 Å². The van der Waals surface area contributed by atoms with Crippen molar-refractivity contribution >= 4 is 23.2 Å². The van der Waals surface area contributed by atoms with Crippen molar-refractivity contribution < 1.29 is 4.74 Å². The first-order valence-corrected chi connectivity index (χ1v) is 7.56. The highest BCUT2D eigenvalue weighted by Crippen LogP contribution is 2.26. The lowest BCUT2D eigenvalue weighted by atomic mass is 10.3. The molecule has 1 heterocycles. The minimum absolute atomic E-state index is 0.396. The Morgan fingerprint density at radius 2 is 1.86 bits per heavy atom. The van der Waals surface area contributed by atoms with Crippen molar-refractivity contribution in [2.24, 2.45) is 0 Å². The van der Waals surface area contributed by atoms with Crippen LogP contribution in [0, 0.1) is 0 Å². The molecule has 0 aliphatic heterocycles. The Morgan fingerprint density at radius 3 is 2.57 bits per heavy atom. The third-order valence-electron chi connectivity index (χ3n) is 2.83. The molecule has 0 atom stereocenters. The number of nitrogens with zero attached hydrogens (tertiary/aromatic N) is 1. The van der Waals surface area contributed by atoms with Gasteiger partial charge in [-0.05, 0) is 24.3 Å². The van der Waals surface area contributed by atoms with E-state index in [0.717, 1.165) is 17.9 Å².